The van der Waals surface area contributed by atoms with Gasteiger partial charge in [-0.1, -0.05) is 11.6 Å². The van der Waals surface area contributed by atoms with Crippen molar-refractivity contribution in [2.45, 2.75) is 12.0 Å². The fourth-order valence-electron chi connectivity index (χ4n) is 3.13. The molecule has 0 bridgehead atoms. The molecule has 24 heavy (non-hydrogen) atoms. The Morgan fingerprint density at radius 2 is 2.08 bits per heavy atom. The smallest absolute Gasteiger partial charge is 0.258 e. The molecule has 1 unspecified atom stereocenters. The quantitative estimate of drug-likeness (QED) is 0.830. The molecule has 0 radical (unpaired) electrons. The number of nitrogens with zero attached hydrogens (tertiary/aromatic N) is 1. The van der Waals surface area contributed by atoms with Gasteiger partial charge in [0.25, 0.3) is 5.91 Å². The largest absolute Gasteiger partial charge is 0.484 e. The van der Waals surface area contributed by atoms with Gasteiger partial charge >= 0.3 is 0 Å². The summed E-state index contributed by atoms with van der Waals surface area (Å²) in [6, 6.07) is 7.02. The fourth-order valence-corrected chi connectivity index (χ4v) is 4.73. The van der Waals surface area contributed by atoms with Crippen LogP contribution >= 0.6 is 23.4 Å². The van der Waals surface area contributed by atoms with E-state index in [4.69, 9.17) is 21.1 Å². The second-order valence-corrected chi connectivity index (χ2v) is 7.69. The molecular weight excluding hydrogens is 348 g/mol. The van der Waals surface area contributed by atoms with Crippen LogP contribution in [0.5, 0.6) is 5.75 Å². The van der Waals surface area contributed by atoms with E-state index in [9.17, 15) is 4.79 Å². The Hall–Kier alpha value is -0.950. The molecule has 132 valence electrons. The molecule has 1 aromatic carbocycles. The van der Waals surface area contributed by atoms with Crippen LogP contribution in [-0.2, 0) is 9.53 Å². The lowest BCUT2D eigenvalue weighted by Gasteiger charge is -2.43. The maximum absolute atomic E-state index is 12.2. The Labute approximate surface area is 152 Å². The first kappa shape index (κ1) is 17.9. The van der Waals surface area contributed by atoms with Crippen molar-refractivity contribution in [1.82, 2.24) is 10.2 Å². The Bertz CT molecular complexity index is 543. The minimum absolute atomic E-state index is 0.0218. The Morgan fingerprint density at radius 3 is 2.75 bits per heavy atom. The van der Waals surface area contributed by atoms with E-state index in [2.05, 4.69) is 10.2 Å². The topological polar surface area (TPSA) is 50.8 Å². The molecule has 7 heteroatoms. The van der Waals surface area contributed by atoms with Crippen molar-refractivity contribution in [2.75, 3.05) is 51.0 Å². The molecule has 0 aliphatic carbocycles. The van der Waals surface area contributed by atoms with Gasteiger partial charge in [0.1, 0.15) is 5.75 Å². The number of morpholine rings is 1. The lowest BCUT2D eigenvalue weighted by atomic mass is 9.95. The van der Waals surface area contributed by atoms with Crippen LogP contribution in [0.4, 0.5) is 0 Å². The van der Waals surface area contributed by atoms with Gasteiger partial charge in [0, 0.05) is 35.9 Å². The number of hydrogen-bond donors (Lipinski definition) is 1. The number of nitrogens with one attached hydrogen (secondary N) is 1. The Morgan fingerprint density at radius 1 is 1.33 bits per heavy atom. The molecule has 2 aliphatic rings. The van der Waals surface area contributed by atoms with Gasteiger partial charge in [-0.3, -0.25) is 9.69 Å². The van der Waals surface area contributed by atoms with Gasteiger partial charge in [-0.25, -0.2) is 0 Å². The summed E-state index contributed by atoms with van der Waals surface area (Å²) in [5, 5.41) is 3.71. The highest BCUT2D eigenvalue weighted by Gasteiger charge is 2.40. The van der Waals surface area contributed by atoms with Crippen LogP contribution in [0.25, 0.3) is 0 Å². The number of carbonyl (C=O) groups excluding carboxylic acids is 1. The van der Waals surface area contributed by atoms with Gasteiger partial charge in [0.15, 0.2) is 6.61 Å². The van der Waals surface area contributed by atoms with E-state index in [1.807, 2.05) is 11.8 Å². The van der Waals surface area contributed by atoms with Crippen LogP contribution in [0.3, 0.4) is 0 Å². The predicted octanol–water partition coefficient (Wildman–Crippen LogP) is 2.04. The first-order chi connectivity index (χ1) is 11.7. The van der Waals surface area contributed by atoms with Gasteiger partial charge < -0.3 is 14.8 Å². The molecule has 2 heterocycles. The minimum Gasteiger partial charge on any atom is -0.484 e. The van der Waals surface area contributed by atoms with Crippen molar-refractivity contribution in [1.29, 1.82) is 0 Å². The average Bonchev–Trinajstić information content (AvgIpc) is 3.10. The highest BCUT2D eigenvalue weighted by Crippen LogP contribution is 2.33. The molecule has 0 spiro atoms. The van der Waals surface area contributed by atoms with Crippen molar-refractivity contribution in [3.05, 3.63) is 29.3 Å². The van der Waals surface area contributed by atoms with Crippen molar-refractivity contribution >= 4 is 29.3 Å². The zero-order valence-corrected chi connectivity index (χ0v) is 15.2. The number of hydrogen-bond acceptors (Lipinski definition) is 5. The predicted molar refractivity (Wildman–Crippen MR) is 97.0 cm³/mol. The first-order valence-electron chi connectivity index (χ1n) is 8.24. The van der Waals surface area contributed by atoms with Gasteiger partial charge in [0.2, 0.25) is 0 Å². The van der Waals surface area contributed by atoms with E-state index in [0.29, 0.717) is 17.3 Å². The number of rotatable bonds is 6. The molecule has 5 nitrogen and oxygen atoms in total. The highest BCUT2D eigenvalue weighted by atomic mass is 35.5. The lowest BCUT2D eigenvalue weighted by Crippen LogP contribution is -2.59. The van der Waals surface area contributed by atoms with E-state index in [-0.39, 0.29) is 18.1 Å². The summed E-state index contributed by atoms with van der Waals surface area (Å²) in [4.78, 5) is 14.6. The minimum atomic E-state index is -0.0884. The number of amides is 1. The summed E-state index contributed by atoms with van der Waals surface area (Å²) in [5.74, 6) is 2.77. The average molecular weight is 371 g/mol. The summed E-state index contributed by atoms with van der Waals surface area (Å²) in [7, 11) is 0. The van der Waals surface area contributed by atoms with Crippen molar-refractivity contribution < 1.29 is 14.3 Å². The van der Waals surface area contributed by atoms with Crippen LogP contribution in [0, 0.1) is 0 Å². The van der Waals surface area contributed by atoms with Crippen molar-refractivity contribution in [3.8, 4) is 5.75 Å². The number of halogens is 1. The van der Waals surface area contributed by atoms with E-state index in [1.165, 1.54) is 0 Å². The second kappa shape index (κ2) is 8.43. The molecule has 1 amide bonds. The summed E-state index contributed by atoms with van der Waals surface area (Å²) in [5.41, 5.74) is 0.0599. The zero-order chi connectivity index (χ0) is 16.8. The van der Waals surface area contributed by atoms with E-state index < -0.39 is 0 Å². The summed E-state index contributed by atoms with van der Waals surface area (Å²) >= 11 is 7.80. The van der Waals surface area contributed by atoms with Gasteiger partial charge in [-0.15, -0.1) is 0 Å². The number of thioether (sulfide) groups is 1. The molecule has 1 N–H and O–H groups in total. The monoisotopic (exact) mass is 370 g/mol. The summed E-state index contributed by atoms with van der Waals surface area (Å²) in [6.07, 6.45) is 1.11. The van der Waals surface area contributed by atoms with Gasteiger partial charge in [-0.05, 0) is 36.4 Å². The van der Waals surface area contributed by atoms with E-state index in [0.717, 1.165) is 44.2 Å². The standard InChI is InChI=1S/C17H23ClN2O3S/c18-14-1-3-15(4-2-14)23-11-16(21)19-12-17(5-10-24-13-17)20-6-8-22-9-7-20/h1-4H,5-13H2,(H,19,21). The van der Waals surface area contributed by atoms with Crippen molar-refractivity contribution in [2.24, 2.45) is 0 Å². The highest BCUT2D eigenvalue weighted by molar-refractivity contribution is 7.99. The third-order valence-corrected chi connectivity index (χ3v) is 6.05. The Kier molecular flexibility index (Phi) is 6.27. The third kappa shape index (κ3) is 4.57. The molecule has 1 atom stereocenters. The van der Waals surface area contributed by atoms with Crippen LogP contribution < -0.4 is 10.1 Å². The van der Waals surface area contributed by atoms with Crippen LogP contribution in [0.1, 0.15) is 6.42 Å². The lowest BCUT2D eigenvalue weighted by molar-refractivity contribution is -0.123. The van der Waals surface area contributed by atoms with Crippen LogP contribution in [-0.4, -0.2) is 67.3 Å². The maximum Gasteiger partial charge on any atom is 0.258 e. The number of ether oxygens (including phenoxy) is 2. The Balaban J connectivity index is 1.49. The van der Waals surface area contributed by atoms with Crippen LogP contribution in [0.2, 0.25) is 5.02 Å². The fraction of sp³-hybridized carbons (Fsp3) is 0.588. The second-order valence-electron chi connectivity index (χ2n) is 6.15. The number of carbonyl (C=O) groups is 1. The van der Waals surface area contributed by atoms with E-state index >= 15 is 0 Å². The maximum atomic E-state index is 12.2. The SMILES string of the molecule is O=C(COc1ccc(Cl)cc1)NCC1(N2CCOCC2)CCSC1. The third-order valence-electron chi connectivity index (χ3n) is 4.56. The molecular formula is C17H23ClN2O3S. The van der Waals surface area contributed by atoms with E-state index in [1.54, 1.807) is 24.3 Å². The normalized spacial score (nSPS) is 24.7. The van der Waals surface area contributed by atoms with Gasteiger partial charge in [-0.2, -0.15) is 11.8 Å². The first-order valence-corrected chi connectivity index (χ1v) is 9.77. The summed E-state index contributed by atoms with van der Waals surface area (Å²) in [6.45, 7) is 4.13. The molecule has 3 rings (SSSR count). The molecule has 2 aliphatic heterocycles. The molecule has 0 aromatic heterocycles. The summed E-state index contributed by atoms with van der Waals surface area (Å²) < 4.78 is 11.0. The molecule has 2 fully saturated rings. The van der Waals surface area contributed by atoms with Crippen molar-refractivity contribution in [3.63, 3.8) is 0 Å². The zero-order valence-electron chi connectivity index (χ0n) is 13.6. The number of benzene rings is 1. The molecule has 0 saturated carbocycles. The molecule has 1 aromatic rings. The molecule has 2 saturated heterocycles. The van der Waals surface area contributed by atoms with Crippen LogP contribution in [0.15, 0.2) is 24.3 Å². The van der Waals surface area contributed by atoms with Gasteiger partial charge in [0.05, 0.1) is 13.2 Å².